The molecule has 0 saturated heterocycles. The molecular weight excluding hydrogens is 276 g/mol. The molecule has 0 fully saturated rings. The Balaban J connectivity index is 2.45. The van der Waals surface area contributed by atoms with Gasteiger partial charge in [-0.25, -0.2) is 13.4 Å². The Labute approximate surface area is 119 Å². The van der Waals surface area contributed by atoms with Crippen LogP contribution in [0.15, 0.2) is 35.6 Å². The van der Waals surface area contributed by atoms with E-state index in [-0.39, 0.29) is 11.9 Å². The van der Waals surface area contributed by atoms with Gasteiger partial charge in [-0.15, -0.1) is 0 Å². The van der Waals surface area contributed by atoms with E-state index in [1.54, 1.807) is 6.20 Å². The van der Waals surface area contributed by atoms with E-state index in [2.05, 4.69) is 4.98 Å². The highest BCUT2D eigenvalue weighted by atomic mass is 32.2. The van der Waals surface area contributed by atoms with Crippen LogP contribution in [0.3, 0.4) is 0 Å². The first-order valence-electron chi connectivity index (χ1n) is 6.34. The highest BCUT2D eigenvalue weighted by Crippen LogP contribution is 2.21. The third-order valence-corrected chi connectivity index (χ3v) is 3.84. The molecular formula is C14H18N2O3S. The number of nitrogens with zero attached hydrogens (tertiary/aromatic N) is 2. The van der Waals surface area contributed by atoms with Crippen molar-refractivity contribution in [1.82, 2.24) is 9.55 Å². The number of rotatable bonds is 5. The third-order valence-electron chi connectivity index (χ3n) is 2.85. The summed E-state index contributed by atoms with van der Waals surface area (Å²) in [5.41, 5.74) is 2.66. The molecule has 6 heteroatoms. The van der Waals surface area contributed by atoms with Crippen molar-refractivity contribution < 1.29 is 13.2 Å². The van der Waals surface area contributed by atoms with Crippen LogP contribution in [0.5, 0.6) is 0 Å². The number of ether oxygens (including phenoxy) is 1. The van der Waals surface area contributed by atoms with Gasteiger partial charge < -0.3 is 4.74 Å². The standard InChI is InChI=1S/C14H18N2O3S/c1-4-19-10-16-9-13(15-14(16)20(3,17)18)12-7-5-11(2)6-8-12/h5-9H,4,10H2,1-3H3. The number of aromatic nitrogens is 2. The van der Waals surface area contributed by atoms with E-state index in [0.29, 0.717) is 12.3 Å². The highest BCUT2D eigenvalue weighted by molar-refractivity contribution is 7.90. The van der Waals surface area contributed by atoms with Crippen molar-refractivity contribution in [3.63, 3.8) is 0 Å². The van der Waals surface area contributed by atoms with Gasteiger partial charge >= 0.3 is 0 Å². The predicted molar refractivity (Wildman–Crippen MR) is 77.1 cm³/mol. The number of aryl methyl sites for hydroxylation is 1. The average molecular weight is 294 g/mol. The van der Waals surface area contributed by atoms with Crippen LogP contribution >= 0.6 is 0 Å². The second kappa shape index (κ2) is 5.76. The van der Waals surface area contributed by atoms with Gasteiger partial charge in [0, 0.05) is 24.6 Å². The quantitative estimate of drug-likeness (QED) is 0.848. The largest absolute Gasteiger partial charge is 0.361 e. The highest BCUT2D eigenvalue weighted by Gasteiger charge is 2.18. The Bertz CT molecular complexity index is 688. The third kappa shape index (κ3) is 3.26. The summed E-state index contributed by atoms with van der Waals surface area (Å²) in [7, 11) is -3.39. The monoisotopic (exact) mass is 294 g/mol. The summed E-state index contributed by atoms with van der Waals surface area (Å²) < 4.78 is 30.4. The van der Waals surface area contributed by atoms with E-state index in [0.717, 1.165) is 17.4 Å². The summed E-state index contributed by atoms with van der Waals surface area (Å²) in [5.74, 6) is 0. The van der Waals surface area contributed by atoms with Crippen LogP contribution in [0.1, 0.15) is 12.5 Å². The molecule has 5 nitrogen and oxygen atoms in total. The number of imidazole rings is 1. The molecule has 0 spiro atoms. The van der Waals surface area contributed by atoms with Crippen molar-refractivity contribution in [2.45, 2.75) is 25.7 Å². The molecule has 0 radical (unpaired) electrons. The first kappa shape index (κ1) is 14.7. The fraction of sp³-hybridized carbons (Fsp3) is 0.357. The van der Waals surface area contributed by atoms with Crippen molar-refractivity contribution in [2.24, 2.45) is 0 Å². The van der Waals surface area contributed by atoms with Crippen molar-refractivity contribution >= 4 is 9.84 Å². The molecule has 0 unspecified atom stereocenters. The zero-order valence-electron chi connectivity index (χ0n) is 11.8. The van der Waals surface area contributed by atoms with E-state index in [9.17, 15) is 8.42 Å². The van der Waals surface area contributed by atoms with Crippen molar-refractivity contribution in [3.05, 3.63) is 36.0 Å². The van der Waals surface area contributed by atoms with Gasteiger partial charge in [-0.1, -0.05) is 29.8 Å². The Kier molecular flexibility index (Phi) is 4.25. The minimum Gasteiger partial charge on any atom is -0.361 e. The number of sulfone groups is 1. The predicted octanol–water partition coefficient (Wildman–Crippen LogP) is 2.26. The second-order valence-electron chi connectivity index (χ2n) is 4.64. The maximum Gasteiger partial charge on any atom is 0.229 e. The van der Waals surface area contributed by atoms with Crippen LogP contribution < -0.4 is 0 Å². The maximum absolute atomic E-state index is 11.8. The number of hydrogen-bond acceptors (Lipinski definition) is 4. The van der Waals surface area contributed by atoms with Gasteiger partial charge in [0.25, 0.3) is 0 Å². The Morgan fingerprint density at radius 1 is 1.25 bits per heavy atom. The summed E-state index contributed by atoms with van der Waals surface area (Å²) in [6.45, 7) is 4.55. The molecule has 20 heavy (non-hydrogen) atoms. The molecule has 1 aromatic carbocycles. The lowest BCUT2D eigenvalue weighted by Gasteiger charge is -2.05. The molecule has 0 aliphatic rings. The van der Waals surface area contributed by atoms with Gasteiger partial charge in [0.05, 0.1) is 5.69 Å². The Morgan fingerprint density at radius 2 is 1.90 bits per heavy atom. The van der Waals surface area contributed by atoms with E-state index >= 15 is 0 Å². The van der Waals surface area contributed by atoms with Crippen molar-refractivity contribution in [3.8, 4) is 11.3 Å². The number of hydrogen-bond donors (Lipinski definition) is 0. The van der Waals surface area contributed by atoms with Crippen LogP contribution in [0, 0.1) is 6.92 Å². The van der Waals surface area contributed by atoms with Gasteiger partial charge in [0.1, 0.15) is 6.73 Å². The Hall–Kier alpha value is -1.66. The molecule has 108 valence electrons. The van der Waals surface area contributed by atoms with Gasteiger partial charge in [0.15, 0.2) is 0 Å². The summed E-state index contributed by atoms with van der Waals surface area (Å²) >= 11 is 0. The average Bonchev–Trinajstić information content (AvgIpc) is 2.81. The van der Waals surface area contributed by atoms with Crippen LogP contribution in [0.2, 0.25) is 0 Å². The van der Waals surface area contributed by atoms with Crippen molar-refractivity contribution in [2.75, 3.05) is 12.9 Å². The van der Waals surface area contributed by atoms with E-state index in [1.165, 1.54) is 4.57 Å². The van der Waals surface area contributed by atoms with Crippen LogP contribution in [-0.4, -0.2) is 30.8 Å². The van der Waals surface area contributed by atoms with Gasteiger partial charge in [-0.3, -0.25) is 4.57 Å². The summed E-state index contributed by atoms with van der Waals surface area (Å²) in [6, 6.07) is 7.79. The van der Waals surface area contributed by atoms with Gasteiger partial charge in [0.2, 0.25) is 15.0 Å². The molecule has 0 N–H and O–H groups in total. The van der Waals surface area contributed by atoms with E-state index in [1.807, 2.05) is 38.1 Å². The first-order valence-corrected chi connectivity index (χ1v) is 8.23. The molecule has 1 aromatic heterocycles. The minimum atomic E-state index is -3.39. The SMILES string of the molecule is CCOCn1cc(-c2ccc(C)cc2)nc1S(C)(=O)=O. The lowest BCUT2D eigenvalue weighted by atomic mass is 10.1. The molecule has 0 bridgehead atoms. The normalized spacial score (nSPS) is 11.8. The minimum absolute atomic E-state index is 0.0292. The molecule has 2 rings (SSSR count). The first-order chi connectivity index (χ1) is 9.41. The van der Waals surface area contributed by atoms with Crippen LogP contribution in [0.4, 0.5) is 0 Å². The smallest absolute Gasteiger partial charge is 0.229 e. The molecule has 2 aromatic rings. The lowest BCUT2D eigenvalue weighted by Crippen LogP contribution is -2.10. The van der Waals surface area contributed by atoms with E-state index in [4.69, 9.17) is 4.74 Å². The fourth-order valence-electron chi connectivity index (χ4n) is 1.84. The topological polar surface area (TPSA) is 61.2 Å². The van der Waals surface area contributed by atoms with Gasteiger partial charge in [-0.2, -0.15) is 0 Å². The molecule has 0 amide bonds. The van der Waals surface area contributed by atoms with Gasteiger partial charge in [-0.05, 0) is 13.8 Å². The second-order valence-corrected chi connectivity index (χ2v) is 6.55. The van der Waals surface area contributed by atoms with Crippen LogP contribution in [-0.2, 0) is 21.3 Å². The Morgan fingerprint density at radius 3 is 2.45 bits per heavy atom. The summed E-state index contributed by atoms with van der Waals surface area (Å²) in [6.07, 6.45) is 2.85. The summed E-state index contributed by atoms with van der Waals surface area (Å²) in [5, 5.41) is 0.0292. The zero-order chi connectivity index (χ0) is 14.8. The molecule has 0 atom stereocenters. The van der Waals surface area contributed by atoms with E-state index < -0.39 is 9.84 Å². The zero-order valence-corrected chi connectivity index (χ0v) is 12.6. The molecule has 1 heterocycles. The lowest BCUT2D eigenvalue weighted by molar-refractivity contribution is 0.0815. The van der Waals surface area contributed by atoms with Crippen molar-refractivity contribution in [1.29, 1.82) is 0 Å². The molecule has 0 aliphatic heterocycles. The summed E-state index contributed by atoms with van der Waals surface area (Å²) in [4.78, 5) is 4.23. The molecule has 0 saturated carbocycles. The molecule has 0 aliphatic carbocycles. The maximum atomic E-state index is 11.8. The fourth-order valence-corrected chi connectivity index (χ4v) is 2.64. The van der Waals surface area contributed by atoms with Crippen LogP contribution in [0.25, 0.3) is 11.3 Å². The number of benzene rings is 1.